The number of aromatic nitrogens is 1. The molecule has 0 atom stereocenters. The molecule has 0 aliphatic carbocycles. The summed E-state index contributed by atoms with van der Waals surface area (Å²) in [6.07, 6.45) is 1.80. The summed E-state index contributed by atoms with van der Waals surface area (Å²) in [4.78, 5) is 4.71. The highest BCUT2D eigenvalue weighted by Gasteiger charge is 2.27. The fourth-order valence-electron chi connectivity index (χ4n) is 5.60. The molecule has 0 amide bonds. The summed E-state index contributed by atoms with van der Waals surface area (Å²) >= 11 is 0. The van der Waals surface area contributed by atoms with E-state index in [4.69, 9.17) is 10.7 Å². The van der Waals surface area contributed by atoms with Crippen LogP contribution in [0.25, 0.3) is 22.3 Å². The van der Waals surface area contributed by atoms with Crippen LogP contribution >= 0.6 is 0 Å². The van der Waals surface area contributed by atoms with Gasteiger partial charge in [-0.2, -0.15) is 0 Å². The van der Waals surface area contributed by atoms with E-state index in [-0.39, 0.29) is 27.1 Å². The average Bonchev–Trinajstić information content (AvgIpc) is 2.91. The monoisotopic (exact) mass is 617 g/mol. The van der Waals surface area contributed by atoms with Crippen LogP contribution in [0.2, 0.25) is 0 Å². The second-order valence-corrected chi connectivity index (χ2v) is 18.4. The molecule has 3 nitrogen and oxygen atoms in total. The molecule has 0 fully saturated rings. The number of rotatable bonds is 4. The quantitative estimate of drug-likeness (QED) is 0.239. The van der Waals surface area contributed by atoms with Gasteiger partial charge in [0.1, 0.15) is 0 Å². The predicted molar refractivity (Wildman–Crippen MR) is 203 cm³/mol. The lowest BCUT2D eigenvalue weighted by Crippen LogP contribution is -2.17. The molecule has 0 bridgehead atoms. The van der Waals surface area contributed by atoms with Crippen LogP contribution in [-0.2, 0) is 27.1 Å². The lowest BCUT2D eigenvalue weighted by molar-refractivity contribution is 0.568. The minimum Gasteiger partial charge on any atom is -0.396 e. The Hall–Kier alpha value is -3.59. The molecule has 3 aromatic carbocycles. The Morgan fingerprint density at radius 1 is 0.478 bits per heavy atom. The van der Waals surface area contributed by atoms with Crippen molar-refractivity contribution < 1.29 is 0 Å². The number of nitrogen functional groups attached to an aromatic ring is 1. The molecule has 0 saturated heterocycles. The number of hydrogen-bond donors (Lipinski definition) is 2. The molecule has 4 rings (SSSR count). The maximum atomic E-state index is 6.54. The molecule has 246 valence electrons. The van der Waals surface area contributed by atoms with E-state index >= 15 is 0 Å². The van der Waals surface area contributed by atoms with Crippen molar-refractivity contribution in [1.29, 1.82) is 0 Å². The molecule has 3 heteroatoms. The van der Waals surface area contributed by atoms with Crippen LogP contribution in [0.4, 0.5) is 17.2 Å². The van der Waals surface area contributed by atoms with E-state index in [1.54, 1.807) is 6.20 Å². The van der Waals surface area contributed by atoms with Crippen LogP contribution < -0.4 is 11.1 Å². The van der Waals surface area contributed by atoms with Gasteiger partial charge >= 0.3 is 0 Å². The van der Waals surface area contributed by atoms with Gasteiger partial charge in [-0.1, -0.05) is 140 Å². The molecule has 4 aromatic rings. The third-order valence-electron chi connectivity index (χ3n) is 9.04. The average molecular weight is 618 g/mol. The van der Waals surface area contributed by atoms with E-state index in [0.29, 0.717) is 11.5 Å². The Bertz CT molecular complexity index is 1560. The first-order valence-electron chi connectivity index (χ1n) is 16.8. The highest BCUT2D eigenvalue weighted by Crippen LogP contribution is 2.46. The van der Waals surface area contributed by atoms with Crippen molar-refractivity contribution in [1.82, 2.24) is 4.98 Å². The standard InChI is InChI=1S/C43H59N3/c1-39(2,3)29-19-27(20-30(23-29)40(4,5)6)34-25-33(43(13,14)15)26-35(37(34)46-38-36(44)17-16-18-45-38)28-21-31(41(7,8)9)24-32(22-28)42(10,11)12/h16-26H,44H2,1-15H3,(H,45,46). The summed E-state index contributed by atoms with van der Waals surface area (Å²) in [6.45, 7) is 34.5. The molecule has 0 unspecified atom stereocenters. The van der Waals surface area contributed by atoms with Gasteiger partial charge < -0.3 is 11.1 Å². The van der Waals surface area contributed by atoms with Crippen molar-refractivity contribution in [2.45, 2.75) is 131 Å². The molecule has 46 heavy (non-hydrogen) atoms. The van der Waals surface area contributed by atoms with Gasteiger partial charge in [-0.25, -0.2) is 4.98 Å². The third kappa shape index (κ3) is 7.85. The van der Waals surface area contributed by atoms with Crippen LogP contribution in [0.15, 0.2) is 66.9 Å². The number of nitrogens with one attached hydrogen (secondary N) is 1. The van der Waals surface area contributed by atoms with Crippen LogP contribution in [0.3, 0.4) is 0 Å². The first-order valence-corrected chi connectivity index (χ1v) is 16.8. The first kappa shape index (κ1) is 35.3. The number of anilines is 3. The Balaban J connectivity index is 2.23. The molecule has 0 aliphatic rings. The van der Waals surface area contributed by atoms with Gasteiger partial charge in [0.05, 0.1) is 11.4 Å². The highest BCUT2D eigenvalue weighted by atomic mass is 15.0. The smallest absolute Gasteiger partial charge is 0.153 e. The molecule has 3 N–H and O–H groups in total. The maximum Gasteiger partial charge on any atom is 0.153 e. The molecule has 0 radical (unpaired) electrons. The molecule has 1 heterocycles. The summed E-state index contributed by atoms with van der Waals surface area (Å²) in [5.41, 5.74) is 19.4. The minimum absolute atomic E-state index is 0.0118. The molecular formula is C43H59N3. The summed E-state index contributed by atoms with van der Waals surface area (Å²) in [5.74, 6) is 0.666. The number of nitrogens with two attached hydrogens (primary N) is 1. The van der Waals surface area contributed by atoms with Crippen molar-refractivity contribution in [2.75, 3.05) is 11.1 Å². The fraction of sp³-hybridized carbons (Fsp3) is 0.465. The van der Waals surface area contributed by atoms with E-state index in [0.717, 1.165) is 16.8 Å². The van der Waals surface area contributed by atoms with Gasteiger partial charge in [0.2, 0.25) is 0 Å². The number of benzene rings is 3. The second kappa shape index (κ2) is 11.9. The summed E-state index contributed by atoms with van der Waals surface area (Å²) in [6, 6.07) is 22.9. The zero-order valence-corrected chi connectivity index (χ0v) is 31.4. The zero-order chi connectivity index (χ0) is 34.6. The SMILES string of the molecule is CC(C)(C)c1cc(-c2cc(C(C)(C)C)cc(-c3cc(C(C)(C)C)cc(C(C)(C)C)c3)c2Nc2ncccc2N)cc(C(C)(C)C)c1. The van der Waals surface area contributed by atoms with Crippen LogP contribution in [-0.4, -0.2) is 4.98 Å². The van der Waals surface area contributed by atoms with Gasteiger partial charge in [0.25, 0.3) is 0 Å². The van der Waals surface area contributed by atoms with Crippen LogP contribution in [0, 0.1) is 0 Å². The second-order valence-electron chi connectivity index (χ2n) is 18.4. The number of hydrogen-bond acceptors (Lipinski definition) is 3. The van der Waals surface area contributed by atoms with E-state index in [1.165, 1.54) is 38.9 Å². The summed E-state index contributed by atoms with van der Waals surface area (Å²) in [5, 5.41) is 3.78. The predicted octanol–water partition coefficient (Wildman–Crippen LogP) is 12.2. The molecule has 0 saturated carbocycles. The van der Waals surface area contributed by atoms with E-state index in [2.05, 4.69) is 158 Å². The van der Waals surface area contributed by atoms with Crippen molar-refractivity contribution in [3.63, 3.8) is 0 Å². The van der Waals surface area contributed by atoms with Crippen molar-refractivity contribution >= 4 is 17.2 Å². The van der Waals surface area contributed by atoms with Crippen molar-refractivity contribution in [3.05, 3.63) is 94.7 Å². The van der Waals surface area contributed by atoms with Gasteiger partial charge in [-0.15, -0.1) is 0 Å². The molecule has 0 aliphatic heterocycles. The van der Waals surface area contributed by atoms with Gasteiger partial charge in [0.15, 0.2) is 5.82 Å². The van der Waals surface area contributed by atoms with E-state index in [1.807, 2.05) is 12.1 Å². The van der Waals surface area contributed by atoms with Crippen LogP contribution in [0.1, 0.15) is 132 Å². The lowest BCUT2D eigenvalue weighted by Gasteiger charge is -2.30. The third-order valence-corrected chi connectivity index (χ3v) is 9.04. The Morgan fingerprint density at radius 2 is 0.804 bits per heavy atom. The summed E-state index contributed by atoms with van der Waals surface area (Å²) in [7, 11) is 0. The first-order chi connectivity index (χ1) is 20.9. The number of nitrogens with zero attached hydrogens (tertiary/aromatic N) is 1. The lowest BCUT2D eigenvalue weighted by atomic mass is 9.76. The minimum atomic E-state index is -0.0744. The maximum absolute atomic E-state index is 6.54. The highest BCUT2D eigenvalue weighted by molar-refractivity contribution is 5.95. The van der Waals surface area contributed by atoms with Gasteiger partial charge in [0, 0.05) is 17.3 Å². The fourth-order valence-corrected chi connectivity index (χ4v) is 5.60. The topological polar surface area (TPSA) is 50.9 Å². The van der Waals surface area contributed by atoms with Gasteiger partial charge in [-0.3, -0.25) is 0 Å². The number of pyridine rings is 1. The van der Waals surface area contributed by atoms with Crippen molar-refractivity contribution in [3.8, 4) is 22.3 Å². The normalized spacial score (nSPS) is 13.2. The van der Waals surface area contributed by atoms with E-state index in [9.17, 15) is 0 Å². The van der Waals surface area contributed by atoms with Crippen molar-refractivity contribution in [2.24, 2.45) is 0 Å². The molecular weight excluding hydrogens is 558 g/mol. The summed E-state index contributed by atoms with van der Waals surface area (Å²) < 4.78 is 0. The zero-order valence-electron chi connectivity index (χ0n) is 31.4. The Kier molecular flexibility index (Phi) is 9.12. The van der Waals surface area contributed by atoms with E-state index < -0.39 is 0 Å². The Morgan fingerprint density at radius 3 is 1.11 bits per heavy atom. The molecule has 0 spiro atoms. The van der Waals surface area contributed by atoms with Crippen LogP contribution in [0.5, 0.6) is 0 Å². The molecule has 1 aromatic heterocycles. The largest absolute Gasteiger partial charge is 0.396 e. The van der Waals surface area contributed by atoms with Gasteiger partial charge in [-0.05, 0) is 90.3 Å². The Labute approximate surface area is 280 Å².